The van der Waals surface area contributed by atoms with Gasteiger partial charge in [-0.1, -0.05) is 23.4 Å². The van der Waals surface area contributed by atoms with Crippen LogP contribution >= 0.6 is 35.6 Å². The molecule has 0 saturated carbocycles. The highest BCUT2D eigenvalue weighted by Gasteiger charge is 2.34. The average Bonchev–Trinajstić information content (AvgIpc) is 3.10. The van der Waals surface area contributed by atoms with E-state index in [1.54, 1.807) is 12.1 Å². The van der Waals surface area contributed by atoms with E-state index in [-0.39, 0.29) is 5.91 Å². The Kier molecular flexibility index (Phi) is 6.37. The Bertz CT molecular complexity index is 949. The molecule has 1 fully saturated rings. The first-order chi connectivity index (χ1) is 13.4. The number of benzene rings is 1. The molecular formula is C20H21ClN2O3S2. The van der Waals surface area contributed by atoms with E-state index in [9.17, 15) is 4.79 Å². The molecule has 0 unspecified atom stereocenters. The van der Waals surface area contributed by atoms with Crippen LogP contribution in [0.25, 0.3) is 6.08 Å². The molecule has 1 aliphatic rings. The maximum atomic E-state index is 13.0. The minimum absolute atomic E-state index is 0.166. The SMILES string of the molecule is CCOc1cc(/C=C2/SC(=S)N(n3c(C)ccc3C)C2=O)cc(Cl)c1OCC. The summed E-state index contributed by atoms with van der Waals surface area (Å²) in [5, 5.41) is 1.96. The molecule has 2 heterocycles. The highest BCUT2D eigenvalue weighted by Crippen LogP contribution is 2.39. The molecule has 0 radical (unpaired) electrons. The summed E-state index contributed by atoms with van der Waals surface area (Å²) < 4.78 is 13.6. The van der Waals surface area contributed by atoms with Crippen LogP contribution in [0.5, 0.6) is 11.5 Å². The Balaban J connectivity index is 1.98. The van der Waals surface area contributed by atoms with E-state index < -0.39 is 0 Å². The molecule has 1 aromatic heterocycles. The number of thiocarbonyl (C=S) groups is 1. The quantitative estimate of drug-likeness (QED) is 0.466. The van der Waals surface area contributed by atoms with Gasteiger partial charge in [0.1, 0.15) is 0 Å². The molecule has 1 amide bonds. The molecule has 0 aliphatic carbocycles. The number of aryl methyl sites for hydroxylation is 2. The smallest absolute Gasteiger partial charge is 0.285 e. The minimum Gasteiger partial charge on any atom is -0.490 e. The lowest BCUT2D eigenvalue weighted by Crippen LogP contribution is -2.39. The second-order valence-electron chi connectivity index (χ2n) is 6.12. The third-order valence-electron chi connectivity index (χ3n) is 4.13. The minimum atomic E-state index is -0.166. The summed E-state index contributed by atoms with van der Waals surface area (Å²) in [4.78, 5) is 13.6. The maximum absolute atomic E-state index is 13.0. The highest BCUT2D eigenvalue weighted by atomic mass is 35.5. The number of halogens is 1. The van der Waals surface area contributed by atoms with E-state index in [0.717, 1.165) is 17.0 Å². The summed E-state index contributed by atoms with van der Waals surface area (Å²) in [5.41, 5.74) is 2.63. The first-order valence-electron chi connectivity index (χ1n) is 8.89. The Hall–Kier alpha value is -1.96. The predicted molar refractivity (Wildman–Crippen MR) is 119 cm³/mol. The molecule has 5 nitrogen and oxygen atoms in total. The van der Waals surface area contributed by atoms with Crippen LogP contribution in [-0.2, 0) is 4.79 Å². The van der Waals surface area contributed by atoms with Crippen molar-refractivity contribution in [1.29, 1.82) is 0 Å². The van der Waals surface area contributed by atoms with Gasteiger partial charge in [-0.2, -0.15) is 5.01 Å². The van der Waals surface area contributed by atoms with E-state index >= 15 is 0 Å². The number of aromatic nitrogens is 1. The van der Waals surface area contributed by atoms with Gasteiger partial charge in [0.05, 0.1) is 23.1 Å². The summed E-state index contributed by atoms with van der Waals surface area (Å²) >= 11 is 13.1. The number of hydrogen-bond acceptors (Lipinski definition) is 5. The van der Waals surface area contributed by atoms with Crippen molar-refractivity contribution in [3.63, 3.8) is 0 Å². The number of hydrogen-bond donors (Lipinski definition) is 0. The molecule has 1 aliphatic heterocycles. The zero-order valence-corrected chi connectivity index (χ0v) is 18.5. The lowest BCUT2D eigenvalue weighted by Gasteiger charge is -2.20. The van der Waals surface area contributed by atoms with Crippen LogP contribution in [0, 0.1) is 13.8 Å². The maximum Gasteiger partial charge on any atom is 0.285 e. The fraction of sp³-hybridized carbons (Fsp3) is 0.300. The van der Waals surface area contributed by atoms with Gasteiger partial charge in [-0.25, -0.2) is 0 Å². The van der Waals surface area contributed by atoms with Gasteiger partial charge in [0.25, 0.3) is 5.91 Å². The van der Waals surface area contributed by atoms with Crippen LogP contribution in [0.3, 0.4) is 0 Å². The number of rotatable bonds is 6. The van der Waals surface area contributed by atoms with Crippen molar-refractivity contribution >= 4 is 51.9 Å². The van der Waals surface area contributed by atoms with E-state index in [4.69, 9.17) is 33.3 Å². The van der Waals surface area contributed by atoms with Crippen LogP contribution < -0.4 is 14.5 Å². The topological polar surface area (TPSA) is 43.7 Å². The van der Waals surface area contributed by atoms with Gasteiger partial charge in [0, 0.05) is 11.4 Å². The van der Waals surface area contributed by atoms with E-state index in [1.807, 2.05) is 50.6 Å². The zero-order chi connectivity index (χ0) is 20.4. The summed E-state index contributed by atoms with van der Waals surface area (Å²) in [6, 6.07) is 7.49. The number of carbonyl (C=O) groups is 1. The summed E-state index contributed by atoms with van der Waals surface area (Å²) in [6.07, 6.45) is 1.78. The third-order valence-corrected chi connectivity index (χ3v) is 5.69. The number of ether oxygens (including phenoxy) is 2. The van der Waals surface area contributed by atoms with Crippen molar-refractivity contribution in [2.24, 2.45) is 0 Å². The number of thioether (sulfide) groups is 1. The second-order valence-corrected chi connectivity index (χ2v) is 8.20. The van der Waals surface area contributed by atoms with Gasteiger partial charge >= 0.3 is 0 Å². The largest absolute Gasteiger partial charge is 0.490 e. The van der Waals surface area contributed by atoms with Crippen molar-refractivity contribution in [2.45, 2.75) is 27.7 Å². The predicted octanol–water partition coefficient (Wildman–Crippen LogP) is 5.09. The van der Waals surface area contributed by atoms with E-state index in [0.29, 0.717) is 39.0 Å². The molecule has 0 bridgehead atoms. The zero-order valence-electron chi connectivity index (χ0n) is 16.1. The number of amides is 1. The van der Waals surface area contributed by atoms with Crippen LogP contribution in [0.4, 0.5) is 0 Å². The van der Waals surface area contributed by atoms with Crippen molar-refractivity contribution in [2.75, 3.05) is 18.2 Å². The molecule has 8 heteroatoms. The van der Waals surface area contributed by atoms with Crippen LogP contribution in [0.2, 0.25) is 5.02 Å². The Morgan fingerprint density at radius 2 is 1.79 bits per heavy atom. The molecule has 148 valence electrons. The Labute approximate surface area is 179 Å². The Morgan fingerprint density at radius 1 is 1.14 bits per heavy atom. The molecule has 0 atom stereocenters. The summed E-state index contributed by atoms with van der Waals surface area (Å²) in [6.45, 7) is 8.62. The molecule has 0 spiro atoms. The van der Waals surface area contributed by atoms with Crippen LogP contribution in [0.15, 0.2) is 29.2 Å². The molecule has 1 aromatic carbocycles. The highest BCUT2D eigenvalue weighted by molar-refractivity contribution is 8.27. The van der Waals surface area contributed by atoms with Gasteiger partial charge in [-0.05, 0) is 75.8 Å². The lowest BCUT2D eigenvalue weighted by molar-refractivity contribution is -0.114. The number of carbonyl (C=O) groups excluding carboxylic acids is 1. The molecule has 3 rings (SSSR count). The summed E-state index contributed by atoms with van der Waals surface area (Å²) in [5.74, 6) is 0.894. The second kappa shape index (κ2) is 8.59. The van der Waals surface area contributed by atoms with E-state index in [2.05, 4.69) is 0 Å². The van der Waals surface area contributed by atoms with Crippen molar-refractivity contribution in [3.05, 3.63) is 51.1 Å². The van der Waals surface area contributed by atoms with Gasteiger partial charge in [0.2, 0.25) is 0 Å². The molecule has 1 saturated heterocycles. The molecular weight excluding hydrogens is 416 g/mol. The van der Waals surface area contributed by atoms with E-state index in [1.165, 1.54) is 16.8 Å². The monoisotopic (exact) mass is 436 g/mol. The Morgan fingerprint density at radius 3 is 2.39 bits per heavy atom. The molecule has 2 aromatic rings. The van der Waals surface area contributed by atoms with Crippen molar-refractivity contribution in [3.8, 4) is 11.5 Å². The first kappa shape index (κ1) is 20.8. The van der Waals surface area contributed by atoms with Gasteiger partial charge in [-0.15, -0.1) is 0 Å². The van der Waals surface area contributed by atoms with Gasteiger partial charge in [-0.3, -0.25) is 9.47 Å². The van der Waals surface area contributed by atoms with Crippen LogP contribution in [0.1, 0.15) is 30.8 Å². The number of nitrogens with zero attached hydrogens (tertiary/aromatic N) is 2. The molecule has 28 heavy (non-hydrogen) atoms. The average molecular weight is 437 g/mol. The lowest BCUT2D eigenvalue weighted by atomic mass is 10.2. The summed E-state index contributed by atoms with van der Waals surface area (Å²) in [7, 11) is 0. The normalized spacial score (nSPS) is 15.6. The van der Waals surface area contributed by atoms with Crippen LogP contribution in [-0.4, -0.2) is 28.1 Å². The fourth-order valence-electron chi connectivity index (χ4n) is 2.98. The molecule has 0 N–H and O–H groups in total. The standard InChI is InChI=1S/C20H21ClN2O3S2/c1-5-25-16-10-14(9-15(21)18(16)26-6-2)11-17-19(24)23(20(27)28-17)22-12(3)7-8-13(22)4/h7-11H,5-6H2,1-4H3/b17-11+. The van der Waals surface area contributed by atoms with Crippen molar-refractivity contribution < 1.29 is 14.3 Å². The third kappa shape index (κ3) is 3.92. The fourth-order valence-corrected chi connectivity index (χ4v) is 4.49. The van der Waals surface area contributed by atoms with Gasteiger partial charge < -0.3 is 9.47 Å². The first-order valence-corrected chi connectivity index (χ1v) is 10.5. The van der Waals surface area contributed by atoms with Gasteiger partial charge in [0.15, 0.2) is 15.8 Å². The van der Waals surface area contributed by atoms with Crippen molar-refractivity contribution in [1.82, 2.24) is 4.68 Å².